The summed E-state index contributed by atoms with van der Waals surface area (Å²) in [7, 11) is 0. The molecule has 0 radical (unpaired) electrons. The highest BCUT2D eigenvalue weighted by atomic mass is 32.1. The number of hydrogen-bond acceptors (Lipinski definition) is 5. The third-order valence-electron chi connectivity index (χ3n) is 4.31. The number of anilines is 2. The summed E-state index contributed by atoms with van der Waals surface area (Å²) in [6.45, 7) is 4.31. The fourth-order valence-electron chi connectivity index (χ4n) is 2.87. The Morgan fingerprint density at radius 3 is 3.08 bits per heavy atom. The topological polar surface area (TPSA) is 73.9 Å². The van der Waals surface area contributed by atoms with Crippen LogP contribution in [-0.2, 0) is 11.3 Å². The van der Waals surface area contributed by atoms with Gasteiger partial charge in [-0.3, -0.25) is 9.69 Å². The van der Waals surface area contributed by atoms with Crippen molar-refractivity contribution in [2.24, 2.45) is 0 Å². The first kappa shape index (κ1) is 15.1. The van der Waals surface area contributed by atoms with Crippen molar-refractivity contribution in [2.45, 2.75) is 39.3 Å². The number of H-pyrrole nitrogens is 1. The molecule has 1 amide bonds. The number of nitrogens with one attached hydrogen (secondary N) is 2. The zero-order chi connectivity index (χ0) is 16.7. The molecule has 0 unspecified atom stereocenters. The lowest BCUT2D eigenvalue weighted by atomic mass is 10.2. The number of amides is 1. The minimum atomic E-state index is 0.0734. The monoisotopic (exact) mass is 341 g/mol. The normalized spacial score (nSPS) is 14.1. The zero-order valence-electron chi connectivity index (χ0n) is 13.7. The third-order valence-corrected chi connectivity index (χ3v) is 5.20. The summed E-state index contributed by atoms with van der Waals surface area (Å²) in [6.07, 6.45) is 5.89. The van der Waals surface area contributed by atoms with Gasteiger partial charge in [0.2, 0.25) is 5.91 Å². The lowest BCUT2D eigenvalue weighted by molar-refractivity contribution is -0.116. The molecule has 1 fully saturated rings. The van der Waals surface area contributed by atoms with Crippen molar-refractivity contribution in [3.63, 3.8) is 0 Å². The van der Waals surface area contributed by atoms with Gasteiger partial charge in [-0.25, -0.2) is 9.97 Å². The number of aromatic nitrogens is 3. The predicted octanol–water partition coefficient (Wildman–Crippen LogP) is 3.46. The Balaban J connectivity index is 1.49. The largest absolute Gasteiger partial charge is 0.378 e. The summed E-state index contributed by atoms with van der Waals surface area (Å²) < 4.78 is 0. The van der Waals surface area contributed by atoms with Crippen LogP contribution >= 0.6 is 11.3 Å². The molecule has 0 saturated heterocycles. The maximum Gasteiger partial charge on any atom is 0.225 e. The maximum absolute atomic E-state index is 11.8. The number of hydrogen-bond donors (Lipinski definition) is 2. The fraction of sp³-hybridized carbons (Fsp3) is 0.353. The quantitative estimate of drug-likeness (QED) is 0.745. The molecule has 0 aromatic carbocycles. The van der Waals surface area contributed by atoms with Crippen molar-refractivity contribution >= 4 is 39.1 Å². The first-order valence-corrected chi connectivity index (χ1v) is 8.92. The van der Waals surface area contributed by atoms with E-state index < -0.39 is 0 Å². The van der Waals surface area contributed by atoms with Gasteiger partial charge >= 0.3 is 0 Å². The second-order valence-corrected chi connectivity index (χ2v) is 6.97. The van der Waals surface area contributed by atoms with Crippen LogP contribution in [0.5, 0.6) is 0 Å². The van der Waals surface area contributed by atoms with E-state index in [1.807, 2.05) is 28.7 Å². The van der Waals surface area contributed by atoms with Gasteiger partial charge in [0.05, 0.1) is 24.1 Å². The molecule has 124 valence electrons. The smallest absolute Gasteiger partial charge is 0.225 e. The van der Waals surface area contributed by atoms with Gasteiger partial charge in [0.15, 0.2) is 5.13 Å². The zero-order valence-corrected chi connectivity index (χ0v) is 14.5. The molecule has 0 spiro atoms. The Labute approximate surface area is 143 Å². The van der Waals surface area contributed by atoms with Crippen molar-refractivity contribution < 1.29 is 4.79 Å². The van der Waals surface area contributed by atoms with E-state index in [2.05, 4.69) is 27.2 Å². The average molecular weight is 341 g/mol. The number of rotatable bonds is 5. The summed E-state index contributed by atoms with van der Waals surface area (Å²) in [5.74, 6) is 0.0734. The van der Waals surface area contributed by atoms with Gasteiger partial charge in [0.25, 0.3) is 0 Å². The van der Waals surface area contributed by atoms with Gasteiger partial charge in [-0.15, -0.1) is 11.3 Å². The Bertz CT molecular complexity index is 895. The number of nitrogens with zero attached hydrogens (tertiary/aromatic N) is 3. The van der Waals surface area contributed by atoms with Gasteiger partial charge < -0.3 is 10.3 Å². The van der Waals surface area contributed by atoms with Gasteiger partial charge in [-0.05, 0) is 31.4 Å². The van der Waals surface area contributed by atoms with E-state index in [1.54, 1.807) is 6.92 Å². The van der Waals surface area contributed by atoms with Crippen LogP contribution in [0.3, 0.4) is 0 Å². The first-order chi connectivity index (χ1) is 11.6. The van der Waals surface area contributed by atoms with E-state index in [4.69, 9.17) is 0 Å². The molecule has 1 aliphatic carbocycles. The lowest BCUT2D eigenvalue weighted by Crippen LogP contribution is -2.30. The number of aryl methyl sites for hydroxylation is 1. The standard InChI is InChI=1S/C17H19N5OS/c1-10-14-5-6-18-16(14)20-8-15(10)19-7-12-9-24-17(21-12)22(11(2)23)13-3-4-13/h5-6,8-9,13,19H,3-4,7H2,1-2H3,(H,18,20). The Kier molecular flexibility index (Phi) is 3.72. The van der Waals surface area contributed by atoms with E-state index in [1.165, 1.54) is 16.9 Å². The van der Waals surface area contributed by atoms with Gasteiger partial charge in [-0.2, -0.15) is 0 Å². The fourth-order valence-corrected chi connectivity index (χ4v) is 3.81. The van der Waals surface area contributed by atoms with Crippen molar-refractivity contribution in [3.8, 4) is 0 Å². The molecule has 24 heavy (non-hydrogen) atoms. The van der Waals surface area contributed by atoms with Crippen molar-refractivity contribution in [3.05, 3.63) is 35.1 Å². The number of thiazole rings is 1. The van der Waals surface area contributed by atoms with Crippen LogP contribution in [0.4, 0.5) is 10.8 Å². The lowest BCUT2D eigenvalue weighted by Gasteiger charge is -2.16. The molecule has 3 aromatic rings. The molecule has 0 aliphatic heterocycles. The minimum absolute atomic E-state index is 0.0734. The summed E-state index contributed by atoms with van der Waals surface area (Å²) in [5.41, 5.74) is 4.01. The third kappa shape index (κ3) is 2.75. The van der Waals surface area contributed by atoms with Gasteiger partial charge in [0.1, 0.15) is 5.65 Å². The Morgan fingerprint density at radius 1 is 1.50 bits per heavy atom. The van der Waals surface area contributed by atoms with Crippen molar-refractivity contribution in [1.29, 1.82) is 0 Å². The molecule has 1 saturated carbocycles. The molecule has 2 N–H and O–H groups in total. The minimum Gasteiger partial charge on any atom is -0.378 e. The van der Waals surface area contributed by atoms with E-state index in [0.29, 0.717) is 12.6 Å². The molecular weight excluding hydrogens is 322 g/mol. The SMILES string of the molecule is CC(=O)N(c1nc(CNc2cnc3[nH]ccc3c2C)cs1)C1CC1. The Morgan fingerprint density at radius 2 is 2.33 bits per heavy atom. The van der Waals surface area contributed by atoms with Crippen molar-refractivity contribution in [2.75, 3.05) is 10.2 Å². The van der Waals surface area contributed by atoms with Crippen molar-refractivity contribution in [1.82, 2.24) is 15.0 Å². The number of fused-ring (bicyclic) bond motifs is 1. The van der Waals surface area contributed by atoms with Crippen LogP contribution < -0.4 is 10.2 Å². The van der Waals surface area contributed by atoms with Crippen LogP contribution in [-0.4, -0.2) is 26.9 Å². The van der Waals surface area contributed by atoms with Gasteiger partial charge in [0, 0.05) is 29.9 Å². The summed E-state index contributed by atoms with van der Waals surface area (Å²) in [5, 5.41) is 7.34. The molecular formula is C17H19N5OS. The summed E-state index contributed by atoms with van der Waals surface area (Å²) in [4.78, 5) is 25.8. The van der Waals surface area contributed by atoms with E-state index in [9.17, 15) is 4.79 Å². The van der Waals surface area contributed by atoms with E-state index >= 15 is 0 Å². The van der Waals surface area contributed by atoms with Gasteiger partial charge in [-0.1, -0.05) is 0 Å². The van der Waals surface area contributed by atoms with Crippen LogP contribution in [0.25, 0.3) is 11.0 Å². The summed E-state index contributed by atoms with van der Waals surface area (Å²) >= 11 is 1.53. The predicted molar refractivity (Wildman–Crippen MR) is 96.5 cm³/mol. The van der Waals surface area contributed by atoms with Crippen LogP contribution in [0.1, 0.15) is 31.0 Å². The molecule has 7 heteroatoms. The number of aromatic amines is 1. The second-order valence-electron chi connectivity index (χ2n) is 6.13. The molecule has 3 aromatic heterocycles. The summed E-state index contributed by atoms with van der Waals surface area (Å²) in [6, 6.07) is 2.38. The molecule has 0 atom stereocenters. The first-order valence-electron chi connectivity index (χ1n) is 8.04. The van der Waals surface area contributed by atoms with Crippen LogP contribution in [0.2, 0.25) is 0 Å². The molecule has 4 rings (SSSR count). The number of carbonyl (C=O) groups is 1. The average Bonchev–Trinajstić information content (AvgIpc) is 3.08. The number of carbonyl (C=O) groups excluding carboxylic acids is 1. The highest BCUT2D eigenvalue weighted by Gasteiger charge is 2.33. The molecule has 3 heterocycles. The number of pyridine rings is 1. The second kappa shape index (κ2) is 5.90. The molecule has 1 aliphatic rings. The van der Waals surface area contributed by atoms with Crippen LogP contribution in [0.15, 0.2) is 23.8 Å². The highest BCUT2D eigenvalue weighted by Crippen LogP contribution is 2.33. The van der Waals surface area contributed by atoms with Crippen LogP contribution in [0, 0.1) is 6.92 Å². The Hall–Kier alpha value is -2.41. The highest BCUT2D eigenvalue weighted by molar-refractivity contribution is 7.14. The van der Waals surface area contributed by atoms with E-state index in [0.717, 1.165) is 40.4 Å². The van der Waals surface area contributed by atoms with E-state index in [-0.39, 0.29) is 5.91 Å². The maximum atomic E-state index is 11.8. The molecule has 0 bridgehead atoms. The molecule has 6 nitrogen and oxygen atoms in total.